The number of carboxylic acid groups (broad SMARTS) is 3. The van der Waals surface area contributed by atoms with Crippen LogP contribution in [0.1, 0.15) is 329 Å². The molecule has 0 aliphatic rings. The monoisotopic (exact) mass is 970 g/mol. The number of aliphatic carboxylic acids is 3. The molecule has 0 unspecified atom stereocenters. The molecule has 0 radical (unpaired) electrons. The van der Waals surface area contributed by atoms with Crippen LogP contribution in [-0.4, -0.2) is 131 Å². The SMILES string of the molecule is CCCCCCCCCCCCCCCCCC(=O)[O-].CCCCCCCCCCCCCCCCCC(=O)[O-].CCCCCCCCCCCCCCCCCC(=O)[O-].[Ca+2].[Ca+2].[Ca+2]. The van der Waals surface area contributed by atoms with Crippen LogP contribution in [0.5, 0.6) is 0 Å². The topological polar surface area (TPSA) is 120 Å². The summed E-state index contributed by atoms with van der Waals surface area (Å²) in [6.07, 6.45) is 59.6. The molecule has 9 heteroatoms. The smallest absolute Gasteiger partial charge is 0.550 e. The number of hydrogen-bond donors (Lipinski definition) is 0. The van der Waals surface area contributed by atoms with Gasteiger partial charge in [0.05, 0.1) is 0 Å². The van der Waals surface area contributed by atoms with Gasteiger partial charge < -0.3 is 29.7 Å². The van der Waals surface area contributed by atoms with Gasteiger partial charge in [-0.2, -0.15) is 0 Å². The van der Waals surface area contributed by atoms with E-state index >= 15 is 0 Å². The zero-order valence-corrected chi connectivity index (χ0v) is 49.6. The van der Waals surface area contributed by atoms with Crippen LogP contribution in [0, 0.1) is 0 Å². The standard InChI is InChI=1S/3C18H36O2.3Ca/c3*1-2-3-4-5-6-7-8-9-10-11-12-13-14-15-16-17-18(19)20;;;/h3*2-17H2,1H3,(H,19,20);;;/q;;;3*+2/p-3. The number of carbonyl (C=O) groups is 3. The van der Waals surface area contributed by atoms with Gasteiger partial charge in [-0.3, -0.25) is 0 Å². The first-order chi connectivity index (χ1) is 29.3. The molecule has 0 aliphatic carbocycles. The molecule has 0 spiro atoms. The molecule has 0 atom stereocenters. The fraction of sp³-hybridized carbons (Fsp3) is 0.944. The Bertz CT molecular complexity index is 727. The van der Waals surface area contributed by atoms with E-state index in [-0.39, 0.29) is 132 Å². The van der Waals surface area contributed by atoms with E-state index in [0.717, 1.165) is 38.5 Å². The van der Waals surface area contributed by atoms with Gasteiger partial charge in [0.25, 0.3) is 0 Å². The molecular weight excluding hydrogens is 865 g/mol. The van der Waals surface area contributed by atoms with Crippen LogP contribution in [0.4, 0.5) is 0 Å². The van der Waals surface area contributed by atoms with Gasteiger partial charge in [-0.25, -0.2) is 0 Å². The molecule has 0 saturated heterocycles. The number of carbonyl (C=O) groups excluding carboxylic acids is 3. The molecule has 6 nitrogen and oxygen atoms in total. The fourth-order valence-corrected chi connectivity index (χ4v) is 7.92. The average molecular weight is 971 g/mol. The second-order valence-electron chi connectivity index (χ2n) is 18.2. The van der Waals surface area contributed by atoms with Crippen molar-refractivity contribution in [1.29, 1.82) is 0 Å². The largest absolute Gasteiger partial charge is 2.00 e. The van der Waals surface area contributed by atoms with E-state index in [1.54, 1.807) is 0 Å². The summed E-state index contributed by atoms with van der Waals surface area (Å²) in [6, 6.07) is 0. The van der Waals surface area contributed by atoms with Crippen molar-refractivity contribution in [2.45, 2.75) is 329 Å². The van der Waals surface area contributed by atoms with E-state index in [4.69, 9.17) is 0 Å². The van der Waals surface area contributed by atoms with Crippen molar-refractivity contribution >= 4 is 131 Å². The minimum atomic E-state index is -0.903. The minimum Gasteiger partial charge on any atom is -0.550 e. The number of rotatable bonds is 48. The first kappa shape index (κ1) is 76.7. The summed E-state index contributed by atoms with van der Waals surface area (Å²) in [7, 11) is 0. The molecule has 0 rings (SSSR count). The van der Waals surface area contributed by atoms with Crippen LogP contribution < -0.4 is 15.3 Å². The molecule has 0 aromatic heterocycles. The van der Waals surface area contributed by atoms with Gasteiger partial charge in [-0.1, -0.05) is 290 Å². The quantitative estimate of drug-likeness (QED) is 0.0442. The zero-order valence-electron chi connectivity index (χ0n) is 43.0. The minimum absolute atomic E-state index is 0. The normalized spacial score (nSPS) is 10.3. The summed E-state index contributed by atoms with van der Waals surface area (Å²) >= 11 is 0. The molecule has 63 heavy (non-hydrogen) atoms. The Balaban J connectivity index is -0.000000189. The summed E-state index contributed by atoms with van der Waals surface area (Å²) in [6.45, 7) is 6.80. The molecule has 0 amide bonds. The Morgan fingerprint density at radius 1 is 0.206 bits per heavy atom. The van der Waals surface area contributed by atoms with Crippen molar-refractivity contribution in [3.05, 3.63) is 0 Å². The van der Waals surface area contributed by atoms with Gasteiger partial charge in [0.1, 0.15) is 0 Å². The number of unbranched alkanes of at least 4 members (excludes halogenated alkanes) is 42. The van der Waals surface area contributed by atoms with Crippen LogP contribution in [-0.2, 0) is 14.4 Å². The predicted octanol–water partition coefficient (Wildman–Crippen LogP) is 13.9. The Morgan fingerprint density at radius 3 is 0.397 bits per heavy atom. The molecule has 0 saturated carbocycles. The Hall–Kier alpha value is 2.19. The van der Waals surface area contributed by atoms with Crippen molar-refractivity contribution in [3.63, 3.8) is 0 Å². The van der Waals surface area contributed by atoms with Crippen molar-refractivity contribution in [2.75, 3.05) is 0 Å². The molecule has 0 aromatic carbocycles. The van der Waals surface area contributed by atoms with Gasteiger partial charge in [0.15, 0.2) is 0 Å². The molecule has 0 aliphatic heterocycles. The second kappa shape index (κ2) is 73.2. The van der Waals surface area contributed by atoms with E-state index in [1.807, 2.05) is 0 Å². The third kappa shape index (κ3) is 87.7. The van der Waals surface area contributed by atoms with Gasteiger partial charge in [-0.15, -0.1) is 0 Å². The van der Waals surface area contributed by atoms with Crippen molar-refractivity contribution in [1.82, 2.24) is 0 Å². The van der Waals surface area contributed by atoms with Crippen molar-refractivity contribution < 1.29 is 29.7 Å². The maximum Gasteiger partial charge on any atom is 2.00 e. The van der Waals surface area contributed by atoms with Crippen molar-refractivity contribution in [3.8, 4) is 0 Å². The first-order valence-electron chi connectivity index (χ1n) is 26.9. The zero-order chi connectivity index (χ0) is 44.7. The summed E-state index contributed by atoms with van der Waals surface area (Å²) in [5.41, 5.74) is 0. The third-order valence-electron chi connectivity index (χ3n) is 12.0. The van der Waals surface area contributed by atoms with E-state index in [2.05, 4.69) is 20.8 Å². The maximum atomic E-state index is 10.2. The van der Waals surface area contributed by atoms with Crippen LogP contribution in [0.15, 0.2) is 0 Å². The van der Waals surface area contributed by atoms with Crippen molar-refractivity contribution in [2.24, 2.45) is 0 Å². The summed E-state index contributed by atoms with van der Waals surface area (Å²) in [4.78, 5) is 30.7. The molecular formula is C54H105Ca3O6+3. The van der Waals surface area contributed by atoms with E-state index < -0.39 is 17.9 Å². The summed E-state index contributed by atoms with van der Waals surface area (Å²) in [5, 5.41) is 30.7. The average Bonchev–Trinajstić information content (AvgIpc) is 3.22. The second-order valence-corrected chi connectivity index (χ2v) is 18.2. The van der Waals surface area contributed by atoms with Gasteiger partial charge in [0, 0.05) is 17.9 Å². The molecule has 0 bridgehead atoms. The van der Waals surface area contributed by atoms with Crippen LogP contribution >= 0.6 is 0 Å². The van der Waals surface area contributed by atoms with Crippen LogP contribution in [0.3, 0.4) is 0 Å². The number of hydrogen-bond acceptors (Lipinski definition) is 6. The molecule has 0 N–H and O–H groups in total. The number of carboxylic acids is 3. The third-order valence-corrected chi connectivity index (χ3v) is 12.0. The molecule has 360 valence electrons. The Morgan fingerprint density at radius 2 is 0.302 bits per heavy atom. The van der Waals surface area contributed by atoms with E-state index in [0.29, 0.717) is 0 Å². The van der Waals surface area contributed by atoms with Gasteiger partial charge in [0.2, 0.25) is 0 Å². The first-order valence-corrected chi connectivity index (χ1v) is 26.9. The molecule has 0 aromatic rings. The van der Waals surface area contributed by atoms with E-state index in [1.165, 1.54) is 250 Å². The molecule has 0 heterocycles. The fourth-order valence-electron chi connectivity index (χ4n) is 7.92. The maximum absolute atomic E-state index is 10.2. The Labute approximate surface area is 483 Å². The molecule has 0 fully saturated rings. The Kier molecular flexibility index (Phi) is 89.0. The summed E-state index contributed by atoms with van der Waals surface area (Å²) < 4.78 is 0. The van der Waals surface area contributed by atoms with Gasteiger partial charge in [-0.05, 0) is 38.5 Å². The van der Waals surface area contributed by atoms with Gasteiger partial charge >= 0.3 is 113 Å². The van der Waals surface area contributed by atoms with Crippen LogP contribution in [0.2, 0.25) is 0 Å². The van der Waals surface area contributed by atoms with Crippen LogP contribution in [0.25, 0.3) is 0 Å². The van der Waals surface area contributed by atoms with E-state index in [9.17, 15) is 29.7 Å². The summed E-state index contributed by atoms with van der Waals surface area (Å²) in [5.74, 6) is -2.71. The predicted molar refractivity (Wildman–Crippen MR) is 271 cm³/mol.